The summed E-state index contributed by atoms with van der Waals surface area (Å²) in [6.45, 7) is 10.8. The molecular weight excluding hydrogens is 735 g/mol. The number of fused-ring (bicyclic) bond motifs is 2. The van der Waals surface area contributed by atoms with Gasteiger partial charge in [0.1, 0.15) is 12.3 Å². The van der Waals surface area contributed by atoms with Crippen molar-refractivity contribution in [3.8, 4) is 5.75 Å². The summed E-state index contributed by atoms with van der Waals surface area (Å²) in [5, 5.41) is 13.7. The predicted octanol–water partition coefficient (Wildman–Crippen LogP) is 7.59. The highest BCUT2D eigenvalue weighted by molar-refractivity contribution is 7.86. The van der Waals surface area contributed by atoms with Crippen molar-refractivity contribution < 1.29 is 35.6 Å². The molecule has 0 atom stereocenters. The minimum Gasteiger partial charge on any atom is -0.508 e. The lowest BCUT2D eigenvalue weighted by Crippen LogP contribution is -2.33. The molecule has 0 saturated carbocycles. The molecule has 0 fully saturated rings. The van der Waals surface area contributed by atoms with Gasteiger partial charge in [-0.15, -0.1) is 0 Å². The van der Waals surface area contributed by atoms with Gasteiger partial charge in [-0.3, -0.25) is 9.11 Å². The Morgan fingerprint density at radius 1 is 0.764 bits per heavy atom. The summed E-state index contributed by atoms with van der Waals surface area (Å²) in [4.78, 5) is 2.29. The third-order valence-electron chi connectivity index (χ3n) is 11.2. The maximum absolute atomic E-state index is 11.5. The number of nitrogens with zero attached hydrogens (tertiary/aromatic N) is 2. The average Bonchev–Trinajstić information content (AvgIpc) is 3.68. The van der Waals surface area contributed by atoms with Crippen molar-refractivity contribution >= 4 is 37.3 Å². The first-order valence-electron chi connectivity index (χ1n) is 19.2. The number of rotatable bonds is 16. The van der Waals surface area contributed by atoms with Gasteiger partial charge in [-0.25, -0.2) is 0 Å². The van der Waals surface area contributed by atoms with Crippen LogP contribution in [0.25, 0.3) is 0 Å². The Balaban J connectivity index is 1.41. The molecule has 0 bridgehead atoms. The van der Waals surface area contributed by atoms with E-state index in [1.54, 1.807) is 12.1 Å². The summed E-state index contributed by atoms with van der Waals surface area (Å²) < 4.78 is 67.1. The zero-order valence-corrected chi connectivity index (χ0v) is 33.9. The number of unbranched alkanes of at least 4 members (excludes halogenated alkanes) is 2. The molecule has 0 saturated heterocycles. The van der Waals surface area contributed by atoms with Crippen LogP contribution in [0.2, 0.25) is 0 Å². The van der Waals surface area contributed by atoms with Crippen molar-refractivity contribution in [1.29, 1.82) is 0 Å². The van der Waals surface area contributed by atoms with Crippen molar-refractivity contribution in [2.45, 2.75) is 83.5 Å². The van der Waals surface area contributed by atoms with Gasteiger partial charge in [-0.1, -0.05) is 68.5 Å². The van der Waals surface area contributed by atoms with Gasteiger partial charge in [0, 0.05) is 59.2 Å². The van der Waals surface area contributed by atoms with Crippen LogP contribution >= 0.6 is 0 Å². The van der Waals surface area contributed by atoms with Gasteiger partial charge in [-0.05, 0) is 93.3 Å². The fourth-order valence-corrected chi connectivity index (χ4v) is 9.72. The molecule has 2 aliphatic heterocycles. The number of aromatic hydroxyl groups is 1. The quantitative estimate of drug-likeness (QED) is 0.0655. The second-order valence-electron chi connectivity index (χ2n) is 15.9. The van der Waals surface area contributed by atoms with Crippen molar-refractivity contribution in [3.63, 3.8) is 0 Å². The van der Waals surface area contributed by atoms with Crippen molar-refractivity contribution in [1.82, 2.24) is 5.32 Å². The lowest BCUT2D eigenvalue weighted by Gasteiger charge is -2.27. The second kappa shape index (κ2) is 16.1. The van der Waals surface area contributed by atoms with Crippen LogP contribution in [-0.4, -0.2) is 72.5 Å². The molecule has 294 valence electrons. The van der Waals surface area contributed by atoms with Crippen LogP contribution in [-0.2, 0) is 37.5 Å². The van der Waals surface area contributed by atoms with Crippen LogP contribution < -0.4 is 10.2 Å². The summed E-state index contributed by atoms with van der Waals surface area (Å²) in [6.07, 6.45) is 8.73. The van der Waals surface area contributed by atoms with Crippen LogP contribution in [0.4, 0.5) is 11.4 Å². The third-order valence-corrected chi connectivity index (χ3v) is 12.9. The van der Waals surface area contributed by atoms with Crippen LogP contribution in [0.1, 0.15) is 82.9 Å². The lowest BCUT2D eigenvalue weighted by molar-refractivity contribution is -0.438. The molecule has 55 heavy (non-hydrogen) atoms. The van der Waals surface area contributed by atoms with E-state index in [1.807, 2.05) is 30.3 Å². The minimum absolute atomic E-state index is 0.233. The average molecular weight is 789 g/mol. The van der Waals surface area contributed by atoms with Crippen LogP contribution in [0.15, 0.2) is 107 Å². The molecule has 1 aliphatic carbocycles. The zero-order valence-electron chi connectivity index (χ0n) is 32.3. The highest BCUT2D eigenvalue weighted by Crippen LogP contribution is 2.49. The van der Waals surface area contributed by atoms with Crippen LogP contribution in [0, 0.1) is 0 Å². The first-order chi connectivity index (χ1) is 26.0. The molecule has 4 N–H and O–H groups in total. The summed E-state index contributed by atoms with van der Waals surface area (Å²) in [6, 6.07) is 24.0. The standard InChI is InChI=1S/C43H53N3O7S2/c1-42(2)35-13-5-7-15-37(35)45(27-9-11-29-54(48,49)50)39(42)24-20-32-19-23-34(40(32)44-26-25-31-17-21-33(47)22-18-31)41-43(3,4)36-14-6-8-16-38(36)46(41)28-10-12-30-55(51,52)53/h5-8,13-18,20-22,24H,9-12,19,23,25-30H2,1-4H3,(H3,47,48,49,50,51,52,53)/p+1/b32-20+,39-24-. The summed E-state index contributed by atoms with van der Waals surface area (Å²) in [5.74, 6) is -0.303. The Morgan fingerprint density at radius 3 is 2.09 bits per heavy atom. The SMILES string of the molecule is CC1(C)C(C2=C(NCCc3ccc(O)cc3)/C(=C/C=C3\N(CCCCS(=O)(=O)O)c4ccccc4C3(C)C)CC2)=[N+](CCCCS(=O)(=O)O)c2ccccc21. The third kappa shape index (κ3) is 9.09. The number of nitrogens with one attached hydrogen (secondary N) is 1. The molecule has 3 aliphatic rings. The van der Waals surface area contributed by atoms with Crippen LogP contribution in [0.5, 0.6) is 5.75 Å². The lowest BCUT2D eigenvalue weighted by atomic mass is 9.78. The molecule has 6 rings (SSSR count). The molecule has 12 heteroatoms. The number of phenols is 1. The molecule has 0 amide bonds. The minimum atomic E-state index is -4.05. The van der Waals surface area contributed by atoms with Gasteiger partial charge in [-0.2, -0.15) is 21.4 Å². The second-order valence-corrected chi connectivity index (χ2v) is 19.0. The Bertz CT molecular complexity index is 2270. The Hall–Kier alpha value is -4.23. The highest BCUT2D eigenvalue weighted by Gasteiger charge is 2.48. The molecule has 10 nitrogen and oxygen atoms in total. The maximum atomic E-state index is 11.5. The smallest absolute Gasteiger partial charge is 0.264 e. The van der Waals surface area contributed by atoms with Gasteiger partial charge in [0.25, 0.3) is 20.2 Å². The summed E-state index contributed by atoms with van der Waals surface area (Å²) in [5.41, 5.74) is 10.9. The van der Waals surface area contributed by atoms with Crippen molar-refractivity contribution in [3.05, 3.63) is 124 Å². The largest absolute Gasteiger partial charge is 0.508 e. The van der Waals surface area contributed by atoms with Crippen molar-refractivity contribution in [2.24, 2.45) is 0 Å². The fraction of sp³-hybridized carbons (Fsp3) is 0.419. The van der Waals surface area contributed by atoms with Gasteiger partial charge in [0.2, 0.25) is 5.69 Å². The first kappa shape index (κ1) is 40.4. The van der Waals surface area contributed by atoms with E-state index in [4.69, 9.17) is 0 Å². The van der Waals surface area contributed by atoms with E-state index < -0.39 is 20.2 Å². The molecule has 0 radical (unpaired) electrons. The number of allylic oxidation sites excluding steroid dienone is 5. The van der Waals surface area contributed by atoms with Crippen LogP contribution in [0.3, 0.4) is 0 Å². The highest BCUT2D eigenvalue weighted by atomic mass is 32.2. The number of phenolic OH excluding ortho intramolecular Hbond substituents is 1. The van der Waals surface area contributed by atoms with Gasteiger partial charge in [0.05, 0.1) is 16.9 Å². The maximum Gasteiger partial charge on any atom is 0.264 e. The van der Waals surface area contributed by atoms with E-state index in [1.165, 1.54) is 28.0 Å². The molecule has 3 aromatic carbocycles. The summed E-state index contributed by atoms with van der Waals surface area (Å²) >= 11 is 0. The normalized spacial score (nSPS) is 19.1. The molecule has 3 aromatic rings. The Labute approximate surface area is 326 Å². The number of anilines is 1. The van der Waals surface area contributed by atoms with Gasteiger partial charge >= 0.3 is 0 Å². The number of para-hydroxylation sites is 2. The van der Waals surface area contributed by atoms with E-state index in [0.29, 0.717) is 45.3 Å². The molecule has 0 unspecified atom stereocenters. The number of hydrogen-bond donors (Lipinski definition) is 4. The molecule has 0 spiro atoms. The topological polar surface area (TPSA) is 147 Å². The first-order valence-corrected chi connectivity index (χ1v) is 22.4. The van der Waals surface area contributed by atoms with E-state index in [-0.39, 0.29) is 28.1 Å². The Morgan fingerprint density at radius 2 is 1.40 bits per heavy atom. The number of benzene rings is 3. The van der Waals surface area contributed by atoms with E-state index in [0.717, 1.165) is 47.6 Å². The molecule has 0 aromatic heterocycles. The van der Waals surface area contributed by atoms with Gasteiger partial charge in [0.15, 0.2) is 5.71 Å². The zero-order chi connectivity index (χ0) is 39.6. The Kier molecular flexibility index (Phi) is 11.8. The fourth-order valence-electron chi connectivity index (χ4n) is 8.59. The molecular formula is C43H54N3O7S2+. The van der Waals surface area contributed by atoms with E-state index >= 15 is 0 Å². The van der Waals surface area contributed by atoms with Crippen molar-refractivity contribution in [2.75, 3.05) is 36.0 Å². The predicted molar refractivity (Wildman–Crippen MR) is 220 cm³/mol. The summed E-state index contributed by atoms with van der Waals surface area (Å²) in [7, 11) is -8.08. The van der Waals surface area contributed by atoms with Gasteiger partial charge < -0.3 is 15.3 Å². The van der Waals surface area contributed by atoms with E-state index in [9.17, 15) is 31.0 Å². The van der Waals surface area contributed by atoms with E-state index in [2.05, 4.69) is 85.0 Å². The monoisotopic (exact) mass is 788 g/mol. The number of hydrogen-bond acceptors (Lipinski definition) is 7. The molecule has 2 heterocycles.